The Balaban J connectivity index is 2.05. The van der Waals surface area contributed by atoms with Crippen molar-refractivity contribution in [1.29, 1.82) is 0 Å². The van der Waals surface area contributed by atoms with Gasteiger partial charge >= 0.3 is 0 Å². The van der Waals surface area contributed by atoms with E-state index in [0.717, 1.165) is 17.9 Å². The highest BCUT2D eigenvalue weighted by Gasteiger charge is 1.98. The third-order valence-electron chi connectivity index (χ3n) is 4.48. The van der Waals surface area contributed by atoms with Crippen molar-refractivity contribution >= 4 is 18.3 Å². The van der Waals surface area contributed by atoms with Crippen LogP contribution >= 0.6 is 12.6 Å². The summed E-state index contributed by atoms with van der Waals surface area (Å²) in [6, 6.07) is 8.83. The van der Waals surface area contributed by atoms with Crippen molar-refractivity contribution in [3.05, 3.63) is 42.1 Å². The topological polar surface area (TPSA) is 12.0 Å². The van der Waals surface area contributed by atoms with Gasteiger partial charge in [-0.25, -0.2) is 0 Å². The minimum atomic E-state index is 1.04. The lowest BCUT2D eigenvalue weighted by molar-refractivity contribution is 0.576. The first-order valence-electron chi connectivity index (χ1n) is 9.91. The molecule has 0 aliphatic carbocycles. The van der Waals surface area contributed by atoms with Crippen molar-refractivity contribution in [2.45, 2.75) is 84.0 Å². The molecular weight excluding hydrogens is 310 g/mol. The van der Waals surface area contributed by atoms with Crippen molar-refractivity contribution < 1.29 is 0 Å². The van der Waals surface area contributed by atoms with Gasteiger partial charge in [0, 0.05) is 11.4 Å². The minimum Gasteiger partial charge on any atom is -0.359 e. The monoisotopic (exact) mass is 347 g/mol. The lowest BCUT2D eigenvalue weighted by Crippen LogP contribution is -1.98. The van der Waals surface area contributed by atoms with E-state index in [1.165, 1.54) is 81.9 Å². The zero-order valence-corrected chi connectivity index (χ0v) is 16.6. The van der Waals surface area contributed by atoms with Gasteiger partial charge in [-0.05, 0) is 55.6 Å². The van der Waals surface area contributed by atoms with Gasteiger partial charge in [0.1, 0.15) is 0 Å². The summed E-state index contributed by atoms with van der Waals surface area (Å²) < 4.78 is 0. The number of benzene rings is 1. The zero-order chi connectivity index (χ0) is 17.5. The first-order valence-corrected chi connectivity index (χ1v) is 10.5. The number of aryl methyl sites for hydroxylation is 1. The lowest BCUT2D eigenvalue weighted by Gasteiger charge is -2.10. The van der Waals surface area contributed by atoms with Crippen molar-refractivity contribution in [3.8, 4) is 0 Å². The van der Waals surface area contributed by atoms with Gasteiger partial charge in [-0.15, -0.1) is 0 Å². The smallest absolute Gasteiger partial charge is 0.0381 e. The van der Waals surface area contributed by atoms with Crippen LogP contribution in [0.25, 0.3) is 0 Å². The fourth-order valence-electron chi connectivity index (χ4n) is 2.91. The maximum absolute atomic E-state index is 4.25. The molecule has 136 valence electrons. The van der Waals surface area contributed by atoms with E-state index >= 15 is 0 Å². The summed E-state index contributed by atoms with van der Waals surface area (Å²) in [6.07, 6.45) is 15.5. The summed E-state index contributed by atoms with van der Waals surface area (Å²) >= 11 is 4.25. The Bertz CT molecular complexity index is 424. The Kier molecular flexibility index (Phi) is 12.7. The van der Waals surface area contributed by atoms with Gasteiger partial charge in [0.15, 0.2) is 0 Å². The molecule has 1 aromatic carbocycles. The van der Waals surface area contributed by atoms with E-state index in [4.69, 9.17) is 0 Å². The second kappa shape index (κ2) is 14.5. The van der Waals surface area contributed by atoms with Crippen LogP contribution in [0.5, 0.6) is 0 Å². The van der Waals surface area contributed by atoms with Crippen LogP contribution in [-0.2, 0) is 6.42 Å². The highest BCUT2D eigenvalue weighted by atomic mass is 32.1. The van der Waals surface area contributed by atoms with Crippen LogP contribution in [0.4, 0.5) is 5.69 Å². The summed E-state index contributed by atoms with van der Waals surface area (Å²) in [5.74, 6) is 1.04. The Morgan fingerprint density at radius 2 is 1.46 bits per heavy atom. The predicted molar refractivity (Wildman–Crippen MR) is 113 cm³/mol. The fourth-order valence-corrected chi connectivity index (χ4v) is 3.14. The highest BCUT2D eigenvalue weighted by molar-refractivity contribution is 7.80. The standard InChI is InChI=1S/C22H37NS/c1-3-4-14-21-15-17-22(18-16-21)23-20(2)13-11-9-7-5-6-8-10-12-19-24/h15-18,23-24H,2-14,19H2,1H3. The maximum Gasteiger partial charge on any atom is 0.0381 e. The van der Waals surface area contributed by atoms with Gasteiger partial charge < -0.3 is 5.32 Å². The molecule has 0 aliphatic rings. The predicted octanol–water partition coefficient (Wildman–Crippen LogP) is 7.40. The molecule has 0 heterocycles. The highest BCUT2D eigenvalue weighted by Crippen LogP contribution is 2.17. The second-order valence-corrected chi connectivity index (χ2v) is 7.28. The third-order valence-corrected chi connectivity index (χ3v) is 4.80. The minimum absolute atomic E-state index is 1.04. The van der Waals surface area contributed by atoms with Crippen LogP contribution in [0.3, 0.4) is 0 Å². The van der Waals surface area contributed by atoms with E-state index in [2.05, 4.69) is 55.7 Å². The Morgan fingerprint density at radius 3 is 2.04 bits per heavy atom. The molecule has 0 amide bonds. The fraction of sp³-hybridized carbons (Fsp3) is 0.636. The summed E-state index contributed by atoms with van der Waals surface area (Å²) in [7, 11) is 0. The molecule has 0 saturated heterocycles. The first kappa shape index (κ1) is 21.2. The molecule has 0 bridgehead atoms. The molecule has 0 aliphatic heterocycles. The number of allylic oxidation sites excluding steroid dienone is 1. The van der Waals surface area contributed by atoms with Crippen LogP contribution in [0.2, 0.25) is 0 Å². The number of thiol groups is 1. The molecule has 0 fully saturated rings. The molecule has 0 saturated carbocycles. The Morgan fingerprint density at radius 1 is 0.875 bits per heavy atom. The third kappa shape index (κ3) is 10.8. The summed E-state index contributed by atoms with van der Waals surface area (Å²) in [4.78, 5) is 0. The van der Waals surface area contributed by atoms with E-state index in [1.54, 1.807) is 0 Å². The van der Waals surface area contributed by atoms with Gasteiger partial charge in [-0.2, -0.15) is 12.6 Å². The largest absolute Gasteiger partial charge is 0.359 e. The van der Waals surface area contributed by atoms with Crippen molar-refractivity contribution in [2.75, 3.05) is 11.1 Å². The molecule has 1 nitrogen and oxygen atoms in total. The second-order valence-electron chi connectivity index (χ2n) is 6.83. The molecule has 0 radical (unpaired) electrons. The summed E-state index contributed by atoms with van der Waals surface area (Å²) in [5.41, 5.74) is 3.75. The summed E-state index contributed by atoms with van der Waals surface area (Å²) in [5, 5.41) is 3.45. The molecule has 0 spiro atoms. The molecule has 1 aromatic rings. The number of unbranched alkanes of at least 4 members (excludes halogenated alkanes) is 8. The van der Waals surface area contributed by atoms with Crippen LogP contribution in [0.15, 0.2) is 36.5 Å². The molecule has 1 N–H and O–H groups in total. The van der Waals surface area contributed by atoms with E-state index in [9.17, 15) is 0 Å². The summed E-state index contributed by atoms with van der Waals surface area (Å²) in [6.45, 7) is 6.41. The van der Waals surface area contributed by atoms with Crippen LogP contribution in [0, 0.1) is 0 Å². The maximum atomic E-state index is 4.25. The number of nitrogens with one attached hydrogen (secondary N) is 1. The molecule has 0 unspecified atom stereocenters. The molecular formula is C22H37NS. The van der Waals surface area contributed by atoms with Gasteiger partial charge in [0.05, 0.1) is 0 Å². The molecule has 24 heavy (non-hydrogen) atoms. The number of anilines is 1. The number of hydrogen-bond donors (Lipinski definition) is 2. The zero-order valence-electron chi connectivity index (χ0n) is 15.7. The first-order chi connectivity index (χ1) is 11.8. The SMILES string of the molecule is C=C(CCCCCCCCCCS)Nc1ccc(CCCC)cc1. The van der Waals surface area contributed by atoms with E-state index in [0.29, 0.717) is 0 Å². The van der Waals surface area contributed by atoms with Gasteiger partial charge in [-0.3, -0.25) is 0 Å². The molecule has 0 atom stereocenters. The number of hydrogen-bond acceptors (Lipinski definition) is 2. The van der Waals surface area contributed by atoms with Gasteiger partial charge in [0.2, 0.25) is 0 Å². The lowest BCUT2D eigenvalue weighted by atomic mass is 10.1. The van der Waals surface area contributed by atoms with Crippen LogP contribution in [0.1, 0.15) is 83.1 Å². The van der Waals surface area contributed by atoms with Crippen molar-refractivity contribution in [3.63, 3.8) is 0 Å². The Labute approximate surface area is 155 Å². The average molecular weight is 348 g/mol. The molecule has 1 rings (SSSR count). The quantitative estimate of drug-likeness (QED) is 0.249. The number of rotatable bonds is 15. The Hall–Kier alpha value is -0.890. The van der Waals surface area contributed by atoms with Gasteiger partial charge in [0.25, 0.3) is 0 Å². The van der Waals surface area contributed by atoms with E-state index < -0.39 is 0 Å². The van der Waals surface area contributed by atoms with Gasteiger partial charge in [-0.1, -0.05) is 70.6 Å². The molecule has 0 aromatic heterocycles. The van der Waals surface area contributed by atoms with Crippen LogP contribution in [-0.4, -0.2) is 5.75 Å². The average Bonchev–Trinajstić information content (AvgIpc) is 2.60. The normalized spacial score (nSPS) is 10.8. The van der Waals surface area contributed by atoms with E-state index in [1.807, 2.05) is 0 Å². The van der Waals surface area contributed by atoms with E-state index in [-0.39, 0.29) is 0 Å². The van der Waals surface area contributed by atoms with Crippen molar-refractivity contribution in [2.24, 2.45) is 0 Å². The molecule has 2 heteroatoms. The van der Waals surface area contributed by atoms with Crippen molar-refractivity contribution in [1.82, 2.24) is 0 Å². The van der Waals surface area contributed by atoms with Crippen LogP contribution < -0.4 is 5.32 Å².